The van der Waals surface area contributed by atoms with E-state index in [2.05, 4.69) is 0 Å². The van der Waals surface area contributed by atoms with Gasteiger partial charge in [0.25, 0.3) is 0 Å². The van der Waals surface area contributed by atoms with Crippen molar-refractivity contribution in [3.05, 3.63) is 48.0 Å². The van der Waals surface area contributed by atoms with Gasteiger partial charge in [-0.25, -0.2) is 8.42 Å². The van der Waals surface area contributed by atoms with Crippen LogP contribution in [0.25, 0.3) is 0 Å². The van der Waals surface area contributed by atoms with Crippen LogP contribution in [-0.4, -0.2) is 13.7 Å². The molecule has 0 saturated carbocycles. The topological polar surface area (TPSA) is 34.1 Å². The van der Waals surface area contributed by atoms with Crippen LogP contribution >= 0.6 is 0 Å². The zero-order valence-corrected chi connectivity index (χ0v) is 9.99. The van der Waals surface area contributed by atoms with Crippen LogP contribution in [0.3, 0.4) is 0 Å². The van der Waals surface area contributed by atoms with Crippen LogP contribution < -0.4 is 0 Å². The second kappa shape index (κ2) is 4.83. The minimum absolute atomic E-state index is 0.156. The van der Waals surface area contributed by atoms with Gasteiger partial charge in [-0.1, -0.05) is 42.5 Å². The van der Waals surface area contributed by atoms with E-state index in [1.807, 2.05) is 42.5 Å². The fourth-order valence-corrected chi connectivity index (χ4v) is 3.74. The first-order valence-corrected chi connectivity index (χ1v) is 7.32. The van der Waals surface area contributed by atoms with Crippen LogP contribution in [0.4, 0.5) is 0 Å². The van der Waals surface area contributed by atoms with Gasteiger partial charge in [-0.2, -0.15) is 0 Å². The lowest BCUT2D eigenvalue weighted by atomic mass is 10.1. The largest absolute Gasteiger partial charge is 0.228 e. The molecule has 16 heavy (non-hydrogen) atoms. The smallest absolute Gasteiger partial charge is 0.160 e. The molecule has 0 heterocycles. The van der Waals surface area contributed by atoms with E-state index in [-0.39, 0.29) is 11.0 Å². The van der Waals surface area contributed by atoms with Crippen LogP contribution in [0.2, 0.25) is 0 Å². The van der Waals surface area contributed by atoms with E-state index >= 15 is 0 Å². The fraction of sp³-hybridized carbons (Fsp3) is 0.385. The molecule has 0 amide bonds. The Morgan fingerprint density at radius 3 is 2.56 bits per heavy atom. The lowest BCUT2D eigenvalue weighted by molar-refractivity contribution is 0.576. The summed E-state index contributed by atoms with van der Waals surface area (Å²) in [6.45, 7) is 0. The first-order chi connectivity index (χ1) is 7.68. The Bertz CT molecular complexity index is 460. The van der Waals surface area contributed by atoms with Crippen molar-refractivity contribution < 1.29 is 8.42 Å². The van der Waals surface area contributed by atoms with Gasteiger partial charge in [0.15, 0.2) is 9.84 Å². The Balaban J connectivity index is 2.14. The standard InChI is InChI=1S/C13H16O2S/c14-16(15,13-9-5-2-6-10-13)11-12-7-3-1-4-8-12/h1,3-5,7-9,13H,2,6,10-11H2. The predicted molar refractivity (Wildman–Crippen MR) is 65.8 cm³/mol. The molecule has 0 bridgehead atoms. The van der Waals surface area contributed by atoms with E-state index in [4.69, 9.17) is 0 Å². The molecule has 2 rings (SSSR count). The maximum Gasteiger partial charge on any atom is 0.160 e. The summed E-state index contributed by atoms with van der Waals surface area (Å²) in [5, 5.41) is -0.276. The van der Waals surface area contributed by atoms with E-state index in [0.29, 0.717) is 0 Å². The van der Waals surface area contributed by atoms with Crippen LogP contribution in [0.1, 0.15) is 24.8 Å². The minimum atomic E-state index is -3.02. The Hall–Kier alpha value is -1.09. The number of hydrogen-bond donors (Lipinski definition) is 0. The van der Waals surface area contributed by atoms with E-state index < -0.39 is 9.84 Å². The molecule has 1 aliphatic rings. The molecule has 0 fully saturated rings. The van der Waals surface area contributed by atoms with Crippen molar-refractivity contribution in [1.82, 2.24) is 0 Å². The molecule has 1 aliphatic carbocycles. The van der Waals surface area contributed by atoms with E-state index in [9.17, 15) is 8.42 Å². The monoisotopic (exact) mass is 236 g/mol. The summed E-state index contributed by atoms with van der Waals surface area (Å²) in [4.78, 5) is 0. The lowest BCUT2D eigenvalue weighted by Gasteiger charge is -2.16. The molecule has 0 radical (unpaired) electrons. The summed E-state index contributed by atoms with van der Waals surface area (Å²) < 4.78 is 24.2. The normalized spacial score (nSPS) is 20.9. The van der Waals surface area contributed by atoms with Crippen molar-refractivity contribution in [2.75, 3.05) is 0 Å². The molecule has 1 aromatic carbocycles. The van der Waals surface area contributed by atoms with Gasteiger partial charge in [0.05, 0.1) is 11.0 Å². The minimum Gasteiger partial charge on any atom is -0.228 e. The summed E-state index contributed by atoms with van der Waals surface area (Å²) in [6, 6.07) is 9.38. The highest BCUT2D eigenvalue weighted by atomic mass is 32.2. The Morgan fingerprint density at radius 2 is 1.94 bits per heavy atom. The van der Waals surface area contributed by atoms with Crippen LogP contribution in [0.5, 0.6) is 0 Å². The third kappa shape index (κ3) is 2.73. The number of hydrogen-bond acceptors (Lipinski definition) is 2. The van der Waals surface area contributed by atoms with Crippen LogP contribution in [-0.2, 0) is 15.6 Å². The summed E-state index contributed by atoms with van der Waals surface area (Å²) in [5.41, 5.74) is 0.876. The van der Waals surface area contributed by atoms with Crippen molar-refractivity contribution in [2.24, 2.45) is 0 Å². The molecule has 0 N–H and O–H groups in total. The summed E-state index contributed by atoms with van der Waals surface area (Å²) in [7, 11) is -3.02. The molecular weight excluding hydrogens is 220 g/mol. The number of sulfone groups is 1. The highest BCUT2D eigenvalue weighted by molar-refractivity contribution is 7.91. The van der Waals surface area contributed by atoms with Gasteiger partial charge < -0.3 is 0 Å². The van der Waals surface area contributed by atoms with Crippen molar-refractivity contribution in [3.8, 4) is 0 Å². The van der Waals surface area contributed by atoms with Crippen molar-refractivity contribution in [2.45, 2.75) is 30.3 Å². The first kappa shape index (κ1) is 11.4. The van der Waals surface area contributed by atoms with Gasteiger partial charge in [0, 0.05) is 0 Å². The number of rotatable bonds is 3. The Kier molecular flexibility index (Phi) is 3.44. The first-order valence-electron chi connectivity index (χ1n) is 5.61. The fourth-order valence-electron chi connectivity index (χ4n) is 1.99. The third-order valence-electron chi connectivity index (χ3n) is 2.88. The van der Waals surface area contributed by atoms with Crippen molar-refractivity contribution in [3.63, 3.8) is 0 Å². The molecule has 1 aromatic rings. The van der Waals surface area contributed by atoms with Gasteiger partial charge in [-0.05, 0) is 24.8 Å². The third-order valence-corrected chi connectivity index (χ3v) is 4.93. The molecule has 0 saturated heterocycles. The quantitative estimate of drug-likeness (QED) is 0.756. The molecule has 0 aromatic heterocycles. The van der Waals surface area contributed by atoms with Crippen molar-refractivity contribution >= 4 is 9.84 Å². The zero-order chi connectivity index (χ0) is 11.4. The second-order valence-electron chi connectivity index (χ2n) is 4.19. The molecule has 86 valence electrons. The van der Waals surface area contributed by atoms with Crippen LogP contribution in [0, 0.1) is 0 Å². The van der Waals surface area contributed by atoms with E-state index in [0.717, 1.165) is 24.8 Å². The highest BCUT2D eigenvalue weighted by Gasteiger charge is 2.24. The molecule has 1 atom stereocenters. The zero-order valence-electron chi connectivity index (χ0n) is 9.17. The average molecular weight is 236 g/mol. The molecule has 0 aliphatic heterocycles. The van der Waals surface area contributed by atoms with Gasteiger partial charge in [-0.15, -0.1) is 0 Å². The second-order valence-corrected chi connectivity index (χ2v) is 6.41. The summed E-state index contributed by atoms with van der Waals surface area (Å²) in [6.07, 6.45) is 6.59. The van der Waals surface area contributed by atoms with Gasteiger partial charge >= 0.3 is 0 Å². The molecule has 1 unspecified atom stereocenters. The molecule has 3 heteroatoms. The number of allylic oxidation sites excluding steroid dienone is 1. The molecule has 0 spiro atoms. The van der Waals surface area contributed by atoms with Gasteiger partial charge in [0.1, 0.15) is 0 Å². The molecular formula is C13H16O2S. The molecule has 2 nitrogen and oxygen atoms in total. The summed E-state index contributed by atoms with van der Waals surface area (Å²) >= 11 is 0. The van der Waals surface area contributed by atoms with Crippen LogP contribution in [0.15, 0.2) is 42.5 Å². The van der Waals surface area contributed by atoms with E-state index in [1.54, 1.807) is 0 Å². The highest BCUT2D eigenvalue weighted by Crippen LogP contribution is 2.21. The Morgan fingerprint density at radius 1 is 1.19 bits per heavy atom. The van der Waals surface area contributed by atoms with E-state index in [1.165, 1.54) is 0 Å². The number of benzene rings is 1. The van der Waals surface area contributed by atoms with Gasteiger partial charge in [-0.3, -0.25) is 0 Å². The maximum atomic E-state index is 12.1. The van der Waals surface area contributed by atoms with Crippen molar-refractivity contribution in [1.29, 1.82) is 0 Å². The summed E-state index contributed by atoms with van der Waals surface area (Å²) in [5.74, 6) is 0.156. The Labute approximate surface area is 96.9 Å². The maximum absolute atomic E-state index is 12.1. The predicted octanol–water partition coefficient (Wildman–Crippen LogP) is 2.71. The SMILES string of the molecule is O=S(=O)(Cc1ccccc1)C1C=CCCC1. The van der Waals surface area contributed by atoms with Gasteiger partial charge in [0.2, 0.25) is 0 Å². The average Bonchev–Trinajstić information content (AvgIpc) is 2.31. The lowest BCUT2D eigenvalue weighted by Crippen LogP contribution is -2.22.